The van der Waals surface area contributed by atoms with Crippen molar-refractivity contribution in [2.45, 2.75) is 45.7 Å². The van der Waals surface area contributed by atoms with Crippen LogP contribution >= 0.6 is 0 Å². The molecule has 0 aromatic heterocycles. The molecule has 1 heterocycles. The van der Waals surface area contributed by atoms with E-state index in [1.165, 1.54) is 0 Å². The summed E-state index contributed by atoms with van der Waals surface area (Å²) in [7, 11) is 1.99. The summed E-state index contributed by atoms with van der Waals surface area (Å²) in [5.41, 5.74) is -0.485. The first kappa shape index (κ1) is 13.4. The van der Waals surface area contributed by atoms with Gasteiger partial charge in [0.15, 0.2) is 0 Å². The summed E-state index contributed by atoms with van der Waals surface area (Å²) in [5, 5.41) is 14.5. The smallest absolute Gasteiger partial charge is 0.221 e. The van der Waals surface area contributed by atoms with Gasteiger partial charge in [-0.05, 0) is 20.9 Å². The second kappa shape index (κ2) is 4.30. The number of nitrogens with one attached hydrogen (secondary N) is 1. The van der Waals surface area contributed by atoms with Gasteiger partial charge in [0.1, 0.15) is 0 Å². The molecule has 0 aliphatic carbocycles. The SMILES string of the molecule is CN1CNC(C)(C)CC([N+](=O)[O-])C(C)(C)C1. The number of hydrogen-bond donors (Lipinski definition) is 1. The van der Waals surface area contributed by atoms with E-state index < -0.39 is 6.04 Å². The van der Waals surface area contributed by atoms with Crippen molar-refractivity contribution in [3.05, 3.63) is 10.1 Å². The Morgan fingerprint density at radius 3 is 2.44 bits per heavy atom. The van der Waals surface area contributed by atoms with E-state index in [1.807, 2.05) is 34.7 Å². The largest absolute Gasteiger partial charge is 0.299 e. The van der Waals surface area contributed by atoms with Gasteiger partial charge in [0.25, 0.3) is 0 Å². The minimum atomic E-state index is -0.502. The molecule has 1 aliphatic rings. The lowest BCUT2D eigenvalue weighted by Gasteiger charge is -2.40. The number of nitrogens with zero attached hydrogens (tertiary/aromatic N) is 2. The van der Waals surface area contributed by atoms with Crippen molar-refractivity contribution in [3.8, 4) is 0 Å². The fraction of sp³-hybridized carbons (Fsp3) is 1.00. The zero-order valence-electron chi connectivity index (χ0n) is 10.9. The van der Waals surface area contributed by atoms with E-state index in [1.54, 1.807) is 0 Å². The Kier molecular flexibility index (Phi) is 3.59. The van der Waals surface area contributed by atoms with Crippen molar-refractivity contribution < 1.29 is 4.92 Å². The molecular formula is C11H23N3O2. The van der Waals surface area contributed by atoms with Gasteiger partial charge in [-0.15, -0.1) is 0 Å². The molecular weight excluding hydrogens is 206 g/mol. The van der Waals surface area contributed by atoms with E-state index in [0.717, 1.165) is 13.2 Å². The molecule has 0 spiro atoms. The molecule has 0 aromatic carbocycles. The summed E-state index contributed by atoms with van der Waals surface area (Å²) in [6, 6.07) is -0.502. The van der Waals surface area contributed by atoms with Crippen LogP contribution in [0.4, 0.5) is 0 Å². The van der Waals surface area contributed by atoms with Gasteiger partial charge in [0.2, 0.25) is 6.04 Å². The topological polar surface area (TPSA) is 58.4 Å². The van der Waals surface area contributed by atoms with Gasteiger partial charge >= 0.3 is 0 Å². The number of hydrogen-bond acceptors (Lipinski definition) is 4. The average Bonchev–Trinajstić information content (AvgIpc) is 2.09. The van der Waals surface area contributed by atoms with Crippen LogP contribution in [0.25, 0.3) is 0 Å². The highest BCUT2D eigenvalue weighted by Gasteiger charge is 2.44. The van der Waals surface area contributed by atoms with Crippen molar-refractivity contribution in [1.29, 1.82) is 0 Å². The Bertz CT molecular complexity index is 276. The average molecular weight is 229 g/mol. The second-order valence-corrected chi connectivity index (χ2v) is 6.23. The van der Waals surface area contributed by atoms with E-state index in [-0.39, 0.29) is 15.9 Å². The third-order valence-electron chi connectivity index (χ3n) is 3.37. The summed E-state index contributed by atoms with van der Waals surface area (Å²) >= 11 is 0. The van der Waals surface area contributed by atoms with Crippen LogP contribution in [0, 0.1) is 15.5 Å². The third-order valence-corrected chi connectivity index (χ3v) is 3.37. The van der Waals surface area contributed by atoms with E-state index in [9.17, 15) is 10.1 Å². The molecule has 0 amide bonds. The lowest BCUT2D eigenvalue weighted by atomic mass is 9.77. The van der Waals surface area contributed by atoms with E-state index in [4.69, 9.17) is 0 Å². The summed E-state index contributed by atoms with van der Waals surface area (Å²) in [6.45, 7) is 9.54. The number of rotatable bonds is 1. The van der Waals surface area contributed by atoms with Gasteiger partial charge in [0, 0.05) is 35.5 Å². The minimum Gasteiger partial charge on any atom is -0.299 e. The molecule has 0 radical (unpaired) electrons. The highest BCUT2D eigenvalue weighted by atomic mass is 16.6. The molecule has 5 nitrogen and oxygen atoms in total. The first-order chi connectivity index (χ1) is 7.14. The molecule has 0 bridgehead atoms. The highest BCUT2D eigenvalue weighted by molar-refractivity contribution is 4.91. The quantitative estimate of drug-likeness (QED) is 0.544. The second-order valence-electron chi connectivity index (χ2n) is 6.23. The van der Waals surface area contributed by atoms with Crippen molar-refractivity contribution in [2.75, 3.05) is 20.3 Å². The Hall–Kier alpha value is -0.680. The molecule has 1 unspecified atom stereocenters. The summed E-state index contributed by atoms with van der Waals surface area (Å²) in [5.74, 6) is 0. The Balaban J connectivity index is 2.96. The third kappa shape index (κ3) is 3.15. The van der Waals surface area contributed by atoms with Crippen LogP contribution in [0.15, 0.2) is 0 Å². The monoisotopic (exact) mass is 229 g/mol. The maximum Gasteiger partial charge on any atom is 0.221 e. The van der Waals surface area contributed by atoms with Gasteiger partial charge in [-0.25, -0.2) is 0 Å². The number of nitro groups is 1. The lowest BCUT2D eigenvalue weighted by Crippen LogP contribution is -2.57. The molecule has 1 N–H and O–H groups in total. The predicted octanol–water partition coefficient (Wildman–Crippen LogP) is 1.32. The van der Waals surface area contributed by atoms with Gasteiger partial charge in [0.05, 0.1) is 0 Å². The van der Waals surface area contributed by atoms with E-state index >= 15 is 0 Å². The van der Waals surface area contributed by atoms with E-state index in [2.05, 4.69) is 10.2 Å². The Labute approximate surface area is 97.3 Å². The van der Waals surface area contributed by atoms with Gasteiger partial charge < -0.3 is 0 Å². The van der Waals surface area contributed by atoms with Crippen molar-refractivity contribution >= 4 is 0 Å². The Morgan fingerprint density at radius 1 is 1.38 bits per heavy atom. The maximum atomic E-state index is 11.2. The van der Waals surface area contributed by atoms with Crippen LogP contribution in [-0.4, -0.2) is 41.7 Å². The Morgan fingerprint density at radius 2 is 1.94 bits per heavy atom. The minimum absolute atomic E-state index is 0.122. The molecule has 1 rings (SSSR count). The zero-order chi connectivity index (χ0) is 12.6. The summed E-state index contributed by atoms with van der Waals surface area (Å²) in [4.78, 5) is 13.2. The first-order valence-corrected chi connectivity index (χ1v) is 5.71. The van der Waals surface area contributed by atoms with Gasteiger partial charge in [-0.1, -0.05) is 13.8 Å². The molecule has 16 heavy (non-hydrogen) atoms. The molecule has 94 valence electrons. The molecule has 1 fully saturated rings. The van der Waals surface area contributed by atoms with Crippen LogP contribution in [-0.2, 0) is 0 Å². The standard InChI is InChI=1S/C11H23N3O2/c1-10(2)7-13(5)8-12-11(3,4)6-9(10)14(15)16/h9,12H,6-8H2,1-5H3. The molecule has 1 aliphatic heterocycles. The molecule has 5 heteroatoms. The van der Waals surface area contributed by atoms with Crippen LogP contribution in [0.5, 0.6) is 0 Å². The van der Waals surface area contributed by atoms with Crippen molar-refractivity contribution in [3.63, 3.8) is 0 Å². The highest BCUT2D eigenvalue weighted by Crippen LogP contribution is 2.31. The summed E-state index contributed by atoms with van der Waals surface area (Å²) < 4.78 is 0. The summed E-state index contributed by atoms with van der Waals surface area (Å²) in [6.07, 6.45) is 0.570. The van der Waals surface area contributed by atoms with Crippen molar-refractivity contribution in [2.24, 2.45) is 5.41 Å². The van der Waals surface area contributed by atoms with Gasteiger partial charge in [-0.3, -0.25) is 20.3 Å². The first-order valence-electron chi connectivity index (χ1n) is 5.71. The predicted molar refractivity (Wildman–Crippen MR) is 63.9 cm³/mol. The zero-order valence-corrected chi connectivity index (χ0v) is 10.9. The maximum absolute atomic E-state index is 11.2. The van der Waals surface area contributed by atoms with Crippen LogP contribution in [0.3, 0.4) is 0 Å². The normalized spacial score (nSPS) is 30.4. The van der Waals surface area contributed by atoms with Gasteiger partial charge in [-0.2, -0.15) is 0 Å². The fourth-order valence-electron chi connectivity index (χ4n) is 2.40. The molecule has 1 atom stereocenters. The fourth-order valence-corrected chi connectivity index (χ4v) is 2.40. The van der Waals surface area contributed by atoms with Crippen LogP contribution in [0.1, 0.15) is 34.1 Å². The van der Waals surface area contributed by atoms with E-state index in [0.29, 0.717) is 6.42 Å². The lowest BCUT2D eigenvalue weighted by molar-refractivity contribution is -0.544. The molecule has 0 aromatic rings. The van der Waals surface area contributed by atoms with Crippen LogP contribution < -0.4 is 5.32 Å². The van der Waals surface area contributed by atoms with Crippen molar-refractivity contribution in [1.82, 2.24) is 10.2 Å². The molecule has 1 saturated heterocycles. The van der Waals surface area contributed by atoms with Crippen LogP contribution in [0.2, 0.25) is 0 Å². The molecule has 0 saturated carbocycles.